The highest BCUT2D eigenvalue weighted by Crippen LogP contribution is 2.54. The minimum Gasteiger partial charge on any atom is -0.259 e. The van der Waals surface area contributed by atoms with Gasteiger partial charge < -0.3 is 0 Å². The van der Waals surface area contributed by atoms with E-state index in [0.29, 0.717) is 0 Å². The average Bonchev–Trinajstić information content (AvgIpc) is 2.97. The summed E-state index contributed by atoms with van der Waals surface area (Å²) in [5.74, 6) is 0. The first-order valence-electron chi connectivity index (χ1n) is 4.83. The van der Waals surface area contributed by atoms with Crippen molar-refractivity contribution in [3.63, 3.8) is 0 Å². The van der Waals surface area contributed by atoms with E-state index >= 15 is 0 Å². The van der Waals surface area contributed by atoms with Gasteiger partial charge in [-0.1, -0.05) is 40.2 Å². The number of hydrogen-bond acceptors (Lipinski definition) is 1. The van der Waals surface area contributed by atoms with Crippen LogP contribution >= 0.6 is 15.9 Å². The molecule has 14 heavy (non-hydrogen) atoms. The minimum atomic E-state index is 0.174. The topological polar surface area (TPSA) is 12.9 Å². The van der Waals surface area contributed by atoms with Crippen molar-refractivity contribution in [3.05, 3.63) is 42.2 Å². The number of pyridine rings is 1. The molecular formula is C12H10BrN. The molecule has 1 heterocycles. The zero-order valence-corrected chi connectivity index (χ0v) is 9.29. The largest absolute Gasteiger partial charge is 0.259 e. The van der Waals surface area contributed by atoms with Crippen LogP contribution in [0.4, 0.5) is 0 Å². The molecule has 0 aliphatic heterocycles. The Balaban J connectivity index is 2.33. The summed E-state index contributed by atoms with van der Waals surface area (Å²) in [5, 5.41) is 2.56. The van der Waals surface area contributed by atoms with Crippen molar-refractivity contribution < 1.29 is 0 Å². The normalized spacial score (nSPS) is 18.4. The summed E-state index contributed by atoms with van der Waals surface area (Å²) in [6.07, 6.45) is 4.31. The lowest BCUT2D eigenvalue weighted by molar-refractivity contribution is 0.991. The third-order valence-corrected chi connectivity index (χ3v) is 3.96. The first-order valence-corrected chi connectivity index (χ1v) is 5.62. The van der Waals surface area contributed by atoms with Gasteiger partial charge in [-0.15, -0.1) is 0 Å². The molecule has 0 spiro atoms. The lowest BCUT2D eigenvalue weighted by Crippen LogP contribution is -1.99. The Morgan fingerprint density at radius 1 is 1.14 bits per heavy atom. The van der Waals surface area contributed by atoms with Gasteiger partial charge in [0.25, 0.3) is 0 Å². The summed E-state index contributed by atoms with van der Waals surface area (Å²) in [7, 11) is 0. The van der Waals surface area contributed by atoms with Crippen molar-refractivity contribution in [2.24, 2.45) is 0 Å². The molecule has 0 unspecified atom stereocenters. The van der Waals surface area contributed by atoms with Crippen LogP contribution in [0.1, 0.15) is 18.5 Å². The summed E-state index contributed by atoms with van der Waals surface area (Å²) >= 11 is 3.76. The molecule has 0 saturated heterocycles. The van der Waals surface area contributed by atoms with Crippen LogP contribution in [0.3, 0.4) is 0 Å². The fourth-order valence-electron chi connectivity index (χ4n) is 1.82. The predicted molar refractivity (Wildman–Crippen MR) is 61.6 cm³/mol. The molecule has 0 radical (unpaired) electrons. The van der Waals surface area contributed by atoms with Crippen LogP contribution in [0, 0.1) is 0 Å². The van der Waals surface area contributed by atoms with Crippen LogP contribution in [-0.4, -0.2) is 4.98 Å². The van der Waals surface area contributed by atoms with Crippen molar-refractivity contribution in [3.8, 4) is 0 Å². The van der Waals surface area contributed by atoms with Crippen LogP contribution in [0.5, 0.6) is 0 Å². The van der Waals surface area contributed by atoms with Crippen molar-refractivity contribution in [2.75, 3.05) is 0 Å². The van der Waals surface area contributed by atoms with E-state index in [1.54, 1.807) is 0 Å². The fourth-order valence-corrected chi connectivity index (χ4v) is 2.34. The Morgan fingerprint density at radius 3 is 2.71 bits per heavy atom. The second-order valence-electron chi connectivity index (χ2n) is 3.85. The first-order chi connectivity index (χ1) is 6.80. The Hall–Kier alpha value is -0.890. The molecule has 1 aromatic carbocycles. The number of nitrogens with zero attached hydrogens (tertiary/aromatic N) is 1. The summed E-state index contributed by atoms with van der Waals surface area (Å²) in [5.41, 5.74) is 1.20. The maximum Gasteiger partial charge on any atom is 0.0685 e. The standard InChI is InChI=1S/C12H10BrN/c13-12(6-7-12)11-10-4-2-1-3-9(10)5-8-14-11/h1-5,8H,6-7H2. The van der Waals surface area contributed by atoms with Gasteiger partial charge >= 0.3 is 0 Å². The number of fused-ring (bicyclic) bond motifs is 1. The van der Waals surface area contributed by atoms with E-state index in [9.17, 15) is 0 Å². The Kier molecular flexibility index (Phi) is 1.68. The molecule has 2 aromatic rings. The molecule has 1 aliphatic carbocycles. The molecule has 1 aromatic heterocycles. The zero-order chi connectivity index (χ0) is 9.60. The lowest BCUT2D eigenvalue weighted by Gasteiger charge is -2.09. The number of rotatable bonds is 1. The zero-order valence-electron chi connectivity index (χ0n) is 7.70. The second kappa shape index (κ2) is 2.80. The van der Waals surface area contributed by atoms with E-state index in [1.807, 2.05) is 6.20 Å². The van der Waals surface area contributed by atoms with Gasteiger partial charge in [-0.2, -0.15) is 0 Å². The van der Waals surface area contributed by atoms with E-state index in [1.165, 1.54) is 29.3 Å². The van der Waals surface area contributed by atoms with Gasteiger partial charge in [0.1, 0.15) is 0 Å². The summed E-state index contributed by atoms with van der Waals surface area (Å²) < 4.78 is 0.174. The molecule has 0 bridgehead atoms. The molecule has 0 atom stereocenters. The Bertz CT molecular complexity index is 483. The van der Waals surface area contributed by atoms with Gasteiger partial charge in [0, 0.05) is 11.6 Å². The molecule has 1 nitrogen and oxygen atoms in total. The Labute approximate surface area is 91.3 Å². The molecule has 1 aliphatic rings. The predicted octanol–water partition coefficient (Wildman–Crippen LogP) is 3.62. The van der Waals surface area contributed by atoms with Crippen molar-refractivity contribution in [2.45, 2.75) is 17.2 Å². The average molecular weight is 248 g/mol. The van der Waals surface area contributed by atoms with Crippen LogP contribution < -0.4 is 0 Å². The van der Waals surface area contributed by atoms with E-state index in [-0.39, 0.29) is 4.32 Å². The quantitative estimate of drug-likeness (QED) is 0.702. The van der Waals surface area contributed by atoms with Gasteiger partial charge in [0.15, 0.2) is 0 Å². The van der Waals surface area contributed by atoms with Gasteiger partial charge in [-0.25, -0.2) is 0 Å². The molecule has 70 valence electrons. The van der Waals surface area contributed by atoms with Crippen LogP contribution in [0.15, 0.2) is 36.5 Å². The van der Waals surface area contributed by atoms with Crippen LogP contribution in [0.2, 0.25) is 0 Å². The first kappa shape index (κ1) is 8.42. The third kappa shape index (κ3) is 1.17. The number of hydrogen-bond donors (Lipinski definition) is 0. The molecule has 2 heteroatoms. The highest BCUT2D eigenvalue weighted by atomic mass is 79.9. The van der Waals surface area contributed by atoms with E-state index in [4.69, 9.17) is 0 Å². The molecule has 0 N–H and O–H groups in total. The summed E-state index contributed by atoms with van der Waals surface area (Å²) in [6, 6.07) is 10.5. The van der Waals surface area contributed by atoms with E-state index in [2.05, 4.69) is 51.2 Å². The van der Waals surface area contributed by atoms with E-state index < -0.39 is 0 Å². The van der Waals surface area contributed by atoms with Crippen molar-refractivity contribution in [1.29, 1.82) is 0 Å². The second-order valence-corrected chi connectivity index (χ2v) is 5.36. The van der Waals surface area contributed by atoms with E-state index in [0.717, 1.165) is 0 Å². The highest BCUT2D eigenvalue weighted by Gasteiger charge is 2.43. The molecular weight excluding hydrogens is 238 g/mol. The van der Waals surface area contributed by atoms with Crippen molar-refractivity contribution in [1.82, 2.24) is 4.98 Å². The molecule has 3 rings (SSSR count). The van der Waals surface area contributed by atoms with Gasteiger partial charge in [-0.3, -0.25) is 4.98 Å². The molecule has 1 saturated carbocycles. The summed E-state index contributed by atoms with van der Waals surface area (Å²) in [6.45, 7) is 0. The number of benzene rings is 1. The molecule has 1 fully saturated rings. The lowest BCUT2D eigenvalue weighted by atomic mass is 10.1. The maximum absolute atomic E-state index is 4.49. The van der Waals surface area contributed by atoms with Crippen LogP contribution in [0.25, 0.3) is 10.8 Å². The fraction of sp³-hybridized carbons (Fsp3) is 0.250. The third-order valence-electron chi connectivity index (χ3n) is 2.79. The number of halogens is 1. The SMILES string of the molecule is BrC1(c2nccc3ccccc23)CC1. The number of aromatic nitrogens is 1. The Morgan fingerprint density at radius 2 is 1.93 bits per heavy atom. The van der Waals surface area contributed by atoms with Gasteiger partial charge in [0.2, 0.25) is 0 Å². The number of alkyl halides is 1. The minimum absolute atomic E-state index is 0.174. The summed E-state index contributed by atoms with van der Waals surface area (Å²) in [4.78, 5) is 4.49. The smallest absolute Gasteiger partial charge is 0.0685 e. The maximum atomic E-state index is 4.49. The molecule has 0 amide bonds. The van der Waals surface area contributed by atoms with Crippen molar-refractivity contribution >= 4 is 26.7 Å². The van der Waals surface area contributed by atoms with Crippen LogP contribution in [-0.2, 0) is 4.32 Å². The van der Waals surface area contributed by atoms with Gasteiger partial charge in [0.05, 0.1) is 10.0 Å². The van der Waals surface area contributed by atoms with Gasteiger partial charge in [-0.05, 0) is 24.3 Å². The highest BCUT2D eigenvalue weighted by molar-refractivity contribution is 9.09. The monoisotopic (exact) mass is 247 g/mol.